The zero-order valence-electron chi connectivity index (χ0n) is 16.2. The van der Waals surface area contributed by atoms with Crippen molar-refractivity contribution in [3.8, 4) is 0 Å². The summed E-state index contributed by atoms with van der Waals surface area (Å²) in [5, 5.41) is 0. The topological polar surface area (TPSA) is 60.9 Å². The first-order chi connectivity index (χ1) is 13.0. The Morgan fingerprint density at radius 1 is 1.07 bits per heavy atom. The van der Waals surface area contributed by atoms with Gasteiger partial charge in [0.05, 0.1) is 11.7 Å². The highest BCUT2D eigenvalue weighted by atomic mass is 32.2. The fourth-order valence-corrected chi connectivity index (χ4v) is 5.60. The highest BCUT2D eigenvalue weighted by molar-refractivity contribution is 7.89. The van der Waals surface area contributed by atoms with E-state index in [-0.39, 0.29) is 17.6 Å². The lowest BCUT2D eigenvalue weighted by Gasteiger charge is -2.38. The van der Waals surface area contributed by atoms with E-state index in [2.05, 4.69) is 29.2 Å². The molecular weight excluding hydrogens is 362 g/mol. The van der Waals surface area contributed by atoms with E-state index in [0.29, 0.717) is 19.5 Å². The van der Waals surface area contributed by atoms with E-state index >= 15 is 0 Å². The SMILES string of the molecule is CCCS(=O)(=O)N1CCCC(C(=O)N2CCN(Cc3ccccc3)CC2)C1. The minimum Gasteiger partial charge on any atom is -0.340 e. The van der Waals surface area contributed by atoms with E-state index in [1.165, 1.54) is 9.87 Å². The third-order valence-corrected chi connectivity index (χ3v) is 7.56. The summed E-state index contributed by atoms with van der Waals surface area (Å²) >= 11 is 0. The lowest BCUT2D eigenvalue weighted by atomic mass is 9.97. The molecule has 2 saturated heterocycles. The van der Waals surface area contributed by atoms with Crippen LogP contribution in [0.25, 0.3) is 0 Å². The molecule has 2 fully saturated rings. The van der Waals surface area contributed by atoms with E-state index in [4.69, 9.17) is 0 Å². The van der Waals surface area contributed by atoms with E-state index in [0.717, 1.165) is 45.6 Å². The second kappa shape index (κ2) is 9.17. The van der Waals surface area contributed by atoms with Crippen molar-refractivity contribution in [2.75, 3.05) is 45.0 Å². The fourth-order valence-electron chi connectivity index (χ4n) is 4.01. The van der Waals surface area contributed by atoms with Gasteiger partial charge < -0.3 is 4.90 Å². The van der Waals surface area contributed by atoms with Crippen LogP contribution in [0, 0.1) is 5.92 Å². The number of nitrogens with zero attached hydrogens (tertiary/aromatic N) is 3. The van der Waals surface area contributed by atoms with Crippen molar-refractivity contribution in [2.45, 2.75) is 32.7 Å². The van der Waals surface area contributed by atoms with Crippen LogP contribution in [0.4, 0.5) is 0 Å². The predicted octanol–water partition coefficient (Wildman–Crippen LogP) is 1.78. The van der Waals surface area contributed by atoms with Gasteiger partial charge in [0.25, 0.3) is 0 Å². The van der Waals surface area contributed by atoms with Gasteiger partial charge in [-0.3, -0.25) is 9.69 Å². The van der Waals surface area contributed by atoms with Crippen LogP contribution in [-0.2, 0) is 21.4 Å². The third kappa shape index (κ3) is 5.30. The average Bonchev–Trinajstić information content (AvgIpc) is 2.69. The van der Waals surface area contributed by atoms with Crippen LogP contribution in [0.15, 0.2) is 30.3 Å². The molecule has 0 aliphatic carbocycles. The number of carbonyl (C=O) groups is 1. The summed E-state index contributed by atoms with van der Waals surface area (Å²) in [6, 6.07) is 10.4. The maximum atomic E-state index is 12.9. The Morgan fingerprint density at radius 2 is 1.78 bits per heavy atom. The van der Waals surface area contributed by atoms with Gasteiger partial charge >= 0.3 is 0 Å². The molecule has 1 aromatic rings. The van der Waals surface area contributed by atoms with E-state index in [1.807, 2.05) is 17.9 Å². The molecule has 150 valence electrons. The summed E-state index contributed by atoms with van der Waals surface area (Å²) in [4.78, 5) is 17.2. The highest BCUT2D eigenvalue weighted by Gasteiger charge is 2.34. The van der Waals surface area contributed by atoms with Gasteiger partial charge in [-0.2, -0.15) is 0 Å². The van der Waals surface area contributed by atoms with Gasteiger partial charge in [-0.1, -0.05) is 37.3 Å². The van der Waals surface area contributed by atoms with Crippen molar-refractivity contribution >= 4 is 15.9 Å². The lowest BCUT2D eigenvalue weighted by molar-refractivity contribution is -0.138. The molecule has 0 N–H and O–H groups in total. The van der Waals surface area contributed by atoms with Crippen molar-refractivity contribution in [3.05, 3.63) is 35.9 Å². The Morgan fingerprint density at radius 3 is 2.44 bits per heavy atom. The van der Waals surface area contributed by atoms with Gasteiger partial charge in [0.15, 0.2) is 0 Å². The smallest absolute Gasteiger partial charge is 0.227 e. The van der Waals surface area contributed by atoms with Crippen LogP contribution in [0.3, 0.4) is 0 Å². The molecule has 0 spiro atoms. The molecule has 0 radical (unpaired) electrons. The van der Waals surface area contributed by atoms with Crippen LogP contribution >= 0.6 is 0 Å². The van der Waals surface area contributed by atoms with Crippen molar-refractivity contribution in [2.24, 2.45) is 5.92 Å². The molecule has 2 heterocycles. The number of piperazine rings is 1. The zero-order chi connectivity index (χ0) is 19.3. The molecule has 2 aliphatic rings. The Bertz CT molecular complexity index is 715. The predicted molar refractivity (Wildman–Crippen MR) is 107 cm³/mol. The number of hydrogen-bond acceptors (Lipinski definition) is 4. The number of carbonyl (C=O) groups excluding carboxylic acids is 1. The Labute approximate surface area is 163 Å². The normalized spacial score (nSPS) is 22.7. The molecule has 27 heavy (non-hydrogen) atoms. The molecule has 1 aromatic carbocycles. The Hall–Kier alpha value is -1.44. The number of sulfonamides is 1. The van der Waals surface area contributed by atoms with Gasteiger partial charge in [-0.25, -0.2) is 12.7 Å². The van der Waals surface area contributed by atoms with Gasteiger partial charge in [-0.05, 0) is 24.8 Å². The Balaban J connectivity index is 1.51. The monoisotopic (exact) mass is 393 g/mol. The minimum absolute atomic E-state index is 0.130. The van der Waals surface area contributed by atoms with Gasteiger partial charge in [0.1, 0.15) is 0 Å². The van der Waals surface area contributed by atoms with Gasteiger partial charge in [0.2, 0.25) is 15.9 Å². The summed E-state index contributed by atoms with van der Waals surface area (Å²) in [6.45, 7) is 6.88. The van der Waals surface area contributed by atoms with Crippen molar-refractivity contribution in [1.29, 1.82) is 0 Å². The molecule has 3 rings (SSSR count). The summed E-state index contributed by atoms with van der Waals surface area (Å²) < 4.78 is 26.2. The van der Waals surface area contributed by atoms with Gasteiger partial charge in [0, 0.05) is 45.8 Å². The first-order valence-electron chi connectivity index (χ1n) is 10.0. The molecule has 1 unspecified atom stereocenters. The molecule has 0 bridgehead atoms. The number of benzene rings is 1. The van der Waals surface area contributed by atoms with Crippen LogP contribution in [0.2, 0.25) is 0 Å². The molecule has 0 saturated carbocycles. The highest BCUT2D eigenvalue weighted by Crippen LogP contribution is 2.22. The molecule has 6 nitrogen and oxygen atoms in total. The van der Waals surface area contributed by atoms with E-state index in [1.54, 1.807) is 0 Å². The summed E-state index contributed by atoms with van der Waals surface area (Å²) in [5.41, 5.74) is 1.29. The van der Waals surface area contributed by atoms with Crippen molar-refractivity contribution in [3.63, 3.8) is 0 Å². The summed E-state index contributed by atoms with van der Waals surface area (Å²) in [5.74, 6) is 0.114. The summed E-state index contributed by atoms with van der Waals surface area (Å²) in [6.07, 6.45) is 2.18. The molecule has 7 heteroatoms. The third-order valence-electron chi connectivity index (χ3n) is 5.52. The second-order valence-electron chi connectivity index (χ2n) is 7.60. The molecule has 0 aromatic heterocycles. The first kappa shape index (κ1) is 20.3. The fraction of sp³-hybridized carbons (Fsp3) is 0.650. The van der Waals surface area contributed by atoms with Crippen LogP contribution in [0.5, 0.6) is 0 Å². The van der Waals surface area contributed by atoms with Crippen LogP contribution in [0.1, 0.15) is 31.7 Å². The molecule has 1 amide bonds. The molecule has 2 aliphatic heterocycles. The largest absolute Gasteiger partial charge is 0.340 e. The van der Waals surface area contributed by atoms with E-state index < -0.39 is 10.0 Å². The number of hydrogen-bond donors (Lipinski definition) is 0. The standard InChI is InChI=1S/C20H31N3O3S/c1-2-15-27(25,26)23-10-6-9-19(17-23)20(24)22-13-11-21(12-14-22)16-18-7-4-3-5-8-18/h3-5,7-8,19H,2,6,9-17H2,1H3. The number of piperidine rings is 1. The summed E-state index contributed by atoms with van der Waals surface area (Å²) in [7, 11) is -3.22. The average molecular weight is 394 g/mol. The minimum atomic E-state index is -3.22. The Kier molecular flexibility index (Phi) is 6.89. The van der Waals surface area contributed by atoms with E-state index in [9.17, 15) is 13.2 Å². The number of rotatable bonds is 6. The maximum Gasteiger partial charge on any atom is 0.227 e. The molecular formula is C20H31N3O3S. The van der Waals surface area contributed by atoms with Gasteiger partial charge in [-0.15, -0.1) is 0 Å². The van der Waals surface area contributed by atoms with Crippen LogP contribution < -0.4 is 0 Å². The van der Waals surface area contributed by atoms with Crippen molar-refractivity contribution in [1.82, 2.24) is 14.1 Å². The van der Waals surface area contributed by atoms with Crippen molar-refractivity contribution < 1.29 is 13.2 Å². The quantitative estimate of drug-likeness (QED) is 0.739. The first-order valence-corrected chi connectivity index (χ1v) is 11.6. The molecule has 1 atom stereocenters. The number of amides is 1. The maximum absolute atomic E-state index is 12.9. The zero-order valence-corrected chi connectivity index (χ0v) is 17.0. The lowest BCUT2D eigenvalue weighted by Crippen LogP contribution is -2.52. The van der Waals surface area contributed by atoms with Crippen LogP contribution in [-0.4, -0.2) is 73.5 Å². The second-order valence-corrected chi connectivity index (χ2v) is 9.69.